The maximum Gasteiger partial charge on any atom is 0.339 e. The van der Waals surface area contributed by atoms with E-state index in [0.717, 1.165) is 7.11 Å². The topological polar surface area (TPSA) is 107 Å². The van der Waals surface area contributed by atoms with Crippen LogP contribution in [-0.4, -0.2) is 48.0 Å². The van der Waals surface area contributed by atoms with E-state index >= 15 is 0 Å². The minimum atomic E-state index is -3.99. The van der Waals surface area contributed by atoms with E-state index in [0.29, 0.717) is 0 Å². The lowest BCUT2D eigenvalue weighted by atomic mass is 10.2. The average Bonchev–Trinajstić information content (AvgIpc) is 2.46. The summed E-state index contributed by atoms with van der Waals surface area (Å²) in [6, 6.07) is 5.54. The number of sulfone groups is 1. The lowest BCUT2D eigenvalue weighted by Crippen LogP contribution is -2.30. The molecule has 0 heterocycles. The SMILES string of the molecule is CCS(=O)(=O)CCNS(=O)(=O)c1ccccc1C(=O)OC. The van der Waals surface area contributed by atoms with Gasteiger partial charge < -0.3 is 4.74 Å². The van der Waals surface area contributed by atoms with E-state index in [2.05, 4.69) is 9.46 Å². The highest BCUT2D eigenvalue weighted by molar-refractivity contribution is 7.91. The van der Waals surface area contributed by atoms with Crippen LogP contribution < -0.4 is 4.72 Å². The number of sulfonamides is 1. The van der Waals surface area contributed by atoms with Gasteiger partial charge in [-0.15, -0.1) is 0 Å². The van der Waals surface area contributed by atoms with Crippen molar-refractivity contribution in [3.05, 3.63) is 29.8 Å². The summed E-state index contributed by atoms with van der Waals surface area (Å²) in [5.41, 5.74) is -0.106. The van der Waals surface area contributed by atoms with Crippen LogP contribution in [0, 0.1) is 0 Å². The molecule has 0 spiro atoms. The van der Waals surface area contributed by atoms with Crippen molar-refractivity contribution in [1.82, 2.24) is 4.72 Å². The first-order valence-electron chi connectivity index (χ1n) is 6.11. The summed E-state index contributed by atoms with van der Waals surface area (Å²) in [6.45, 7) is 1.23. The molecule has 1 aromatic carbocycles. The molecular formula is C12H17NO6S2. The zero-order valence-corrected chi connectivity index (χ0v) is 13.3. The Balaban J connectivity index is 2.97. The lowest BCUT2D eigenvalue weighted by Gasteiger charge is -2.10. The molecule has 7 nitrogen and oxygen atoms in total. The normalized spacial score (nSPS) is 12.1. The first-order chi connectivity index (χ1) is 9.73. The molecule has 0 radical (unpaired) electrons. The first kappa shape index (κ1) is 17.6. The number of hydrogen-bond acceptors (Lipinski definition) is 6. The lowest BCUT2D eigenvalue weighted by molar-refractivity contribution is 0.0596. The van der Waals surface area contributed by atoms with Crippen molar-refractivity contribution in [3.63, 3.8) is 0 Å². The van der Waals surface area contributed by atoms with Gasteiger partial charge in [0.15, 0.2) is 9.84 Å². The smallest absolute Gasteiger partial charge is 0.339 e. The number of benzene rings is 1. The monoisotopic (exact) mass is 335 g/mol. The summed E-state index contributed by atoms with van der Waals surface area (Å²) in [7, 11) is -6.12. The van der Waals surface area contributed by atoms with E-state index in [-0.39, 0.29) is 28.5 Å². The zero-order valence-electron chi connectivity index (χ0n) is 11.7. The molecule has 118 valence electrons. The van der Waals surface area contributed by atoms with Crippen LogP contribution in [0.15, 0.2) is 29.2 Å². The summed E-state index contributed by atoms with van der Waals surface area (Å²) in [5, 5.41) is 0. The fourth-order valence-electron chi connectivity index (χ4n) is 1.53. The molecule has 0 aliphatic carbocycles. The number of hydrogen-bond donors (Lipinski definition) is 1. The third-order valence-electron chi connectivity index (χ3n) is 2.73. The van der Waals surface area contributed by atoms with E-state index in [1.807, 2.05) is 0 Å². The van der Waals surface area contributed by atoms with Crippen LogP contribution in [-0.2, 0) is 24.6 Å². The molecule has 1 aromatic rings. The summed E-state index contributed by atoms with van der Waals surface area (Å²) >= 11 is 0. The predicted octanol–water partition coefficient (Wildman–Crippen LogP) is 0.186. The number of nitrogens with one attached hydrogen (secondary N) is 1. The number of esters is 1. The van der Waals surface area contributed by atoms with Crippen molar-refractivity contribution in [2.24, 2.45) is 0 Å². The molecule has 0 atom stereocenters. The molecule has 0 saturated heterocycles. The third kappa shape index (κ3) is 4.80. The Bertz CT molecular complexity index is 709. The van der Waals surface area contributed by atoms with Crippen LogP contribution in [0.3, 0.4) is 0 Å². The molecule has 0 bridgehead atoms. The summed E-state index contributed by atoms with van der Waals surface area (Å²) < 4.78 is 53.6. The van der Waals surface area contributed by atoms with Gasteiger partial charge in [0, 0.05) is 12.3 Å². The second kappa shape index (κ2) is 7.01. The highest BCUT2D eigenvalue weighted by Gasteiger charge is 2.22. The minimum absolute atomic E-state index is 0.0620. The molecular weight excluding hydrogens is 318 g/mol. The second-order valence-electron chi connectivity index (χ2n) is 4.12. The van der Waals surface area contributed by atoms with Crippen LogP contribution in [0.1, 0.15) is 17.3 Å². The van der Waals surface area contributed by atoms with Crippen molar-refractivity contribution in [2.75, 3.05) is 25.2 Å². The van der Waals surface area contributed by atoms with Gasteiger partial charge in [0.2, 0.25) is 10.0 Å². The minimum Gasteiger partial charge on any atom is -0.465 e. The number of methoxy groups -OCH3 is 1. The summed E-state index contributed by atoms with van der Waals surface area (Å²) in [6.07, 6.45) is 0. The Morgan fingerprint density at radius 3 is 2.38 bits per heavy atom. The van der Waals surface area contributed by atoms with Gasteiger partial charge in [0.25, 0.3) is 0 Å². The van der Waals surface area contributed by atoms with Crippen LogP contribution in [0.25, 0.3) is 0 Å². The van der Waals surface area contributed by atoms with E-state index < -0.39 is 25.8 Å². The number of carbonyl (C=O) groups is 1. The average molecular weight is 335 g/mol. The fraction of sp³-hybridized carbons (Fsp3) is 0.417. The van der Waals surface area contributed by atoms with Crippen LogP contribution >= 0.6 is 0 Å². The van der Waals surface area contributed by atoms with Gasteiger partial charge in [0.05, 0.1) is 23.3 Å². The van der Waals surface area contributed by atoms with Crippen molar-refractivity contribution in [3.8, 4) is 0 Å². The van der Waals surface area contributed by atoms with Gasteiger partial charge in [-0.25, -0.2) is 26.4 Å². The Morgan fingerprint density at radius 1 is 1.19 bits per heavy atom. The Morgan fingerprint density at radius 2 is 1.81 bits per heavy atom. The van der Waals surface area contributed by atoms with Crippen LogP contribution in [0.4, 0.5) is 0 Å². The van der Waals surface area contributed by atoms with E-state index in [4.69, 9.17) is 0 Å². The second-order valence-corrected chi connectivity index (χ2v) is 8.33. The van der Waals surface area contributed by atoms with Crippen LogP contribution in [0.5, 0.6) is 0 Å². The van der Waals surface area contributed by atoms with Crippen LogP contribution in [0.2, 0.25) is 0 Å². The Hall–Kier alpha value is -1.45. The van der Waals surface area contributed by atoms with Crippen molar-refractivity contribution in [2.45, 2.75) is 11.8 Å². The standard InChI is InChI=1S/C12H17NO6S2/c1-3-20(15,16)9-8-13-21(17,18)11-7-5-4-6-10(11)12(14)19-2/h4-7,13H,3,8-9H2,1-2H3. The van der Waals surface area contributed by atoms with Gasteiger partial charge >= 0.3 is 5.97 Å². The third-order valence-corrected chi connectivity index (χ3v) is 5.95. The molecule has 0 fully saturated rings. The molecule has 0 unspecified atom stereocenters. The van der Waals surface area contributed by atoms with Gasteiger partial charge in [0.1, 0.15) is 0 Å². The Kier molecular flexibility index (Phi) is 5.87. The maximum absolute atomic E-state index is 12.1. The Labute approximate surface area is 124 Å². The quantitative estimate of drug-likeness (QED) is 0.713. The summed E-state index contributed by atoms with van der Waals surface area (Å²) in [4.78, 5) is 11.3. The molecule has 0 aliphatic rings. The van der Waals surface area contributed by atoms with Crippen molar-refractivity contribution in [1.29, 1.82) is 0 Å². The van der Waals surface area contributed by atoms with Gasteiger partial charge in [-0.3, -0.25) is 0 Å². The van der Waals surface area contributed by atoms with Crippen molar-refractivity contribution < 1.29 is 26.4 Å². The molecule has 0 aliphatic heterocycles. The number of rotatable bonds is 7. The fourth-order valence-corrected chi connectivity index (χ4v) is 3.59. The van der Waals surface area contributed by atoms with Gasteiger partial charge in [-0.2, -0.15) is 0 Å². The predicted molar refractivity (Wildman–Crippen MR) is 77.3 cm³/mol. The van der Waals surface area contributed by atoms with E-state index in [1.165, 1.54) is 31.2 Å². The molecule has 1 N–H and O–H groups in total. The summed E-state index contributed by atoms with van der Waals surface area (Å²) in [5.74, 6) is -1.14. The number of ether oxygens (including phenoxy) is 1. The maximum atomic E-state index is 12.1. The highest BCUT2D eigenvalue weighted by atomic mass is 32.2. The molecule has 0 aromatic heterocycles. The molecule has 9 heteroatoms. The van der Waals surface area contributed by atoms with Gasteiger partial charge in [-0.1, -0.05) is 19.1 Å². The molecule has 0 saturated carbocycles. The van der Waals surface area contributed by atoms with E-state index in [9.17, 15) is 21.6 Å². The largest absolute Gasteiger partial charge is 0.465 e. The molecule has 0 amide bonds. The highest BCUT2D eigenvalue weighted by Crippen LogP contribution is 2.16. The molecule has 1 rings (SSSR count). The molecule has 21 heavy (non-hydrogen) atoms. The number of carbonyl (C=O) groups excluding carboxylic acids is 1. The van der Waals surface area contributed by atoms with Crippen molar-refractivity contribution >= 4 is 25.8 Å². The van der Waals surface area contributed by atoms with E-state index in [1.54, 1.807) is 0 Å². The van der Waals surface area contributed by atoms with Gasteiger partial charge in [-0.05, 0) is 12.1 Å². The first-order valence-corrected chi connectivity index (χ1v) is 9.41. The zero-order chi connectivity index (χ0) is 16.1.